The number of halogens is 1. The van der Waals surface area contributed by atoms with Gasteiger partial charge in [-0.1, -0.05) is 0 Å². The van der Waals surface area contributed by atoms with E-state index in [0.717, 1.165) is 6.20 Å². The Morgan fingerprint density at radius 1 is 1.29 bits per heavy atom. The van der Waals surface area contributed by atoms with Crippen LogP contribution in [0.4, 0.5) is 4.39 Å². The minimum Gasteiger partial charge on any atom is -0.394 e. The Balaban J connectivity index is 1.86. The normalized spacial score (nSPS) is 27.2. The zero-order valence-electron chi connectivity index (χ0n) is 12.2. The predicted molar refractivity (Wildman–Crippen MR) is 78.1 cm³/mol. The Morgan fingerprint density at radius 3 is 2.79 bits per heavy atom. The number of ether oxygens (including phenoxy) is 1. The van der Waals surface area contributed by atoms with Crippen molar-refractivity contribution in [3.8, 4) is 11.4 Å². The van der Waals surface area contributed by atoms with E-state index in [1.807, 2.05) is 0 Å². The Kier molecular flexibility index (Phi) is 3.53. The monoisotopic (exact) mass is 335 g/mol. The Hall–Kier alpha value is -2.40. The number of imidazole rings is 1. The lowest BCUT2D eigenvalue weighted by molar-refractivity contribution is -0.0510. The number of nitrogens with zero attached hydrogens (tertiary/aromatic N) is 4. The van der Waals surface area contributed by atoms with Crippen molar-refractivity contribution in [2.45, 2.75) is 24.5 Å². The van der Waals surface area contributed by atoms with Gasteiger partial charge in [0.25, 0.3) is 0 Å². The van der Waals surface area contributed by atoms with E-state index in [1.165, 1.54) is 23.4 Å². The third kappa shape index (κ3) is 2.12. The van der Waals surface area contributed by atoms with Gasteiger partial charge in [-0.2, -0.15) is 0 Å². The molecule has 10 heteroatoms. The van der Waals surface area contributed by atoms with E-state index < -0.39 is 37.0 Å². The molecule has 0 spiro atoms. The summed E-state index contributed by atoms with van der Waals surface area (Å²) in [5.41, 5.74) is 1.03. The van der Waals surface area contributed by atoms with Crippen LogP contribution in [0.3, 0.4) is 0 Å². The smallest absolute Gasteiger partial charge is 0.164 e. The van der Waals surface area contributed by atoms with Gasteiger partial charge in [-0.05, 0) is 0 Å². The number of nitrogens with one attached hydrogen (secondary N) is 1. The van der Waals surface area contributed by atoms with Crippen LogP contribution in [0, 0.1) is 5.82 Å². The number of rotatable bonds is 3. The lowest BCUT2D eigenvalue weighted by Gasteiger charge is -2.17. The zero-order chi connectivity index (χ0) is 16.8. The highest BCUT2D eigenvalue weighted by Gasteiger charge is 2.44. The summed E-state index contributed by atoms with van der Waals surface area (Å²) in [6.07, 6.45) is 0.690. The van der Waals surface area contributed by atoms with E-state index in [0.29, 0.717) is 11.4 Å². The summed E-state index contributed by atoms with van der Waals surface area (Å²) in [4.78, 5) is 14.9. The van der Waals surface area contributed by atoms with Gasteiger partial charge >= 0.3 is 0 Å². The molecule has 3 aromatic heterocycles. The molecule has 9 nitrogen and oxygen atoms in total. The lowest BCUT2D eigenvalue weighted by atomic mass is 10.1. The molecule has 3 aromatic rings. The number of H-pyrrole nitrogens is 1. The van der Waals surface area contributed by atoms with Crippen LogP contribution in [0.25, 0.3) is 22.4 Å². The molecule has 4 N–H and O–H groups in total. The second-order valence-corrected chi connectivity index (χ2v) is 5.50. The minimum atomic E-state index is -1.33. The van der Waals surface area contributed by atoms with Crippen molar-refractivity contribution in [1.29, 1.82) is 0 Å². The van der Waals surface area contributed by atoms with Crippen LogP contribution in [-0.4, -0.2) is 64.7 Å². The van der Waals surface area contributed by atoms with E-state index in [4.69, 9.17) is 4.74 Å². The maximum Gasteiger partial charge on any atom is 0.164 e. The molecule has 0 amide bonds. The number of aromatic amines is 1. The van der Waals surface area contributed by atoms with Gasteiger partial charge < -0.3 is 29.6 Å². The molecular weight excluding hydrogens is 321 g/mol. The molecule has 4 atom stereocenters. The summed E-state index contributed by atoms with van der Waals surface area (Å²) in [5.74, 6) is -0.604. The van der Waals surface area contributed by atoms with Crippen LogP contribution in [0.5, 0.6) is 0 Å². The minimum absolute atomic E-state index is 0.138. The van der Waals surface area contributed by atoms with Crippen LogP contribution in [0.2, 0.25) is 0 Å². The maximum atomic E-state index is 14.5. The molecule has 24 heavy (non-hydrogen) atoms. The Morgan fingerprint density at radius 2 is 2.12 bits per heavy atom. The second kappa shape index (κ2) is 5.60. The summed E-state index contributed by atoms with van der Waals surface area (Å²) in [6, 6.07) is 0. The van der Waals surface area contributed by atoms with Crippen molar-refractivity contribution < 1.29 is 24.4 Å². The van der Waals surface area contributed by atoms with Crippen LogP contribution >= 0.6 is 0 Å². The van der Waals surface area contributed by atoms with E-state index in [1.54, 1.807) is 0 Å². The Bertz CT molecular complexity index is 868. The predicted octanol–water partition coefficient (Wildman–Crippen LogP) is -0.428. The van der Waals surface area contributed by atoms with E-state index in [-0.39, 0.29) is 11.0 Å². The van der Waals surface area contributed by atoms with Gasteiger partial charge in [0.15, 0.2) is 12.0 Å². The third-order valence-electron chi connectivity index (χ3n) is 4.11. The van der Waals surface area contributed by atoms with Gasteiger partial charge in [0.1, 0.15) is 36.0 Å². The SMILES string of the molecule is OC[C@H]1O[C@@H](n2cc(F)c3c(-c4cnc[nH]4)ncnc32)C(O)[C@@H]1O. The van der Waals surface area contributed by atoms with E-state index >= 15 is 0 Å². The fourth-order valence-electron chi connectivity index (χ4n) is 2.93. The summed E-state index contributed by atoms with van der Waals surface area (Å²) < 4.78 is 21.3. The zero-order valence-corrected chi connectivity index (χ0v) is 12.2. The van der Waals surface area contributed by atoms with Crippen molar-refractivity contribution >= 4 is 11.0 Å². The quantitative estimate of drug-likeness (QED) is 0.511. The van der Waals surface area contributed by atoms with Crippen LogP contribution in [-0.2, 0) is 4.74 Å². The average molecular weight is 335 g/mol. The molecule has 0 saturated carbocycles. The summed E-state index contributed by atoms with van der Waals surface area (Å²) in [5, 5.41) is 29.4. The molecule has 1 unspecified atom stereocenters. The molecular formula is C14H14FN5O4. The first-order chi connectivity index (χ1) is 11.6. The van der Waals surface area contributed by atoms with Crippen molar-refractivity contribution in [1.82, 2.24) is 24.5 Å². The summed E-state index contributed by atoms with van der Waals surface area (Å²) in [7, 11) is 0. The molecule has 0 aliphatic carbocycles. The van der Waals surface area contributed by atoms with Crippen LogP contribution in [0.1, 0.15) is 6.23 Å². The molecule has 4 rings (SSSR count). The van der Waals surface area contributed by atoms with Gasteiger partial charge in [-0.3, -0.25) is 0 Å². The topological polar surface area (TPSA) is 129 Å². The summed E-state index contributed by atoms with van der Waals surface area (Å²) in [6.45, 7) is -0.467. The van der Waals surface area contributed by atoms with Gasteiger partial charge in [-0.25, -0.2) is 19.3 Å². The first-order valence-electron chi connectivity index (χ1n) is 7.24. The number of hydrogen-bond donors (Lipinski definition) is 4. The number of aliphatic hydroxyl groups is 3. The van der Waals surface area contributed by atoms with Gasteiger partial charge in [0.05, 0.1) is 30.2 Å². The molecule has 1 saturated heterocycles. The van der Waals surface area contributed by atoms with Gasteiger partial charge in [-0.15, -0.1) is 0 Å². The number of aliphatic hydroxyl groups excluding tert-OH is 3. The van der Waals surface area contributed by atoms with Gasteiger partial charge in [0.2, 0.25) is 0 Å². The number of aromatic nitrogens is 5. The highest BCUT2D eigenvalue weighted by molar-refractivity contribution is 5.90. The van der Waals surface area contributed by atoms with E-state index in [9.17, 15) is 19.7 Å². The largest absolute Gasteiger partial charge is 0.394 e. The highest BCUT2D eigenvalue weighted by Crippen LogP contribution is 2.35. The first kappa shape index (κ1) is 15.1. The molecule has 0 aromatic carbocycles. The van der Waals surface area contributed by atoms with Crippen LogP contribution < -0.4 is 0 Å². The van der Waals surface area contributed by atoms with Crippen molar-refractivity contribution in [3.63, 3.8) is 0 Å². The summed E-state index contributed by atoms with van der Waals surface area (Å²) >= 11 is 0. The maximum absolute atomic E-state index is 14.5. The fraction of sp³-hybridized carbons (Fsp3) is 0.357. The second-order valence-electron chi connectivity index (χ2n) is 5.50. The highest BCUT2D eigenvalue weighted by atomic mass is 19.1. The standard InChI is InChI=1S/C14H14FN5O4/c15-6-2-20(14-12(23)11(22)8(3-21)24-14)13-9(6)10(18-5-19-13)7-1-16-4-17-7/h1-2,4-5,8,11-12,14,21-23H,3H2,(H,16,17)/t8-,11-,12?,14-/m1/s1. The van der Waals surface area contributed by atoms with Crippen LogP contribution in [0.15, 0.2) is 25.0 Å². The molecule has 0 radical (unpaired) electrons. The third-order valence-corrected chi connectivity index (χ3v) is 4.11. The first-order valence-corrected chi connectivity index (χ1v) is 7.24. The molecule has 1 aliphatic rings. The number of fused-ring (bicyclic) bond motifs is 1. The molecule has 1 fully saturated rings. The molecule has 4 heterocycles. The average Bonchev–Trinajstić information content (AvgIpc) is 3.29. The molecule has 126 valence electrons. The van der Waals surface area contributed by atoms with Crippen molar-refractivity contribution in [2.24, 2.45) is 0 Å². The lowest BCUT2D eigenvalue weighted by Crippen LogP contribution is -2.33. The van der Waals surface area contributed by atoms with E-state index in [2.05, 4.69) is 19.9 Å². The molecule has 0 bridgehead atoms. The van der Waals surface area contributed by atoms with Gasteiger partial charge in [0, 0.05) is 6.20 Å². The Labute approximate surface area is 134 Å². The van der Waals surface area contributed by atoms with Crippen molar-refractivity contribution in [2.75, 3.05) is 6.61 Å². The number of hydrogen-bond acceptors (Lipinski definition) is 7. The van der Waals surface area contributed by atoms with Crippen molar-refractivity contribution in [3.05, 3.63) is 30.9 Å². The fourth-order valence-corrected chi connectivity index (χ4v) is 2.93. The molecule has 1 aliphatic heterocycles.